The van der Waals surface area contributed by atoms with Crippen molar-refractivity contribution >= 4 is 31.0 Å². The average Bonchev–Trinajstić information content (AvgIpc) is 2.96. The van der Waals surface area contributed by atoms with Crippen molar-refractivity contribution in [2.24, 2.45) is 5.73 Å². The zero-order valence-corrected chi connectivity index (χ0v) is 16.3. The lowest BCUT2D eigenvalue weighted by atomic mass is 10.1. The molecule has 0 aliphatic carbocycles. The number of hydrogen-bond donors (Lipinski definition) is 3. The number of aromatic nitrogens is 1. The van der Waals surface area contributed by atoms with Crippen LogP contribution in [0.4, 0.5) is 0 Å². The highest BCUT2D eigenvalue weighted by Gasteiger charge is 2.29. The predicted octanol–water partition coefficient (Wildman–Crippen LogP) is 4.47. The summed E-state index contributed by atoms with van der Waals surface area (Å²) < 4.78 is 25.6. The maximum atomic E-state index is 14.0. The molecular formula is C22H24N2O2S. The van der Waals surface area contributed by atoms with Crippen molar-refractivity contribution in [1.29, 1.82) is 0 Å². The molecule has 0 saturated heterocycles. The van der Waals surface area contributed by atoms with Crippen molar-refractivity contribution < 1.29 is 8.76 Å². The Morgan fingerprint density at radius 2 is 1.78 bits per heavy atom. The normalized spacial score (nSPS) is 13.7. The van der Waals surface area contributed by atoms with E-state index in [9.17, 15) is 8.76 Å². The fourth-order valence-corrected chi connectivity index (χ4v) is 6.01. The van der Waals surface area contributed by atoms with E-state index in [4.69, 9.17) is 5.73 Å². The van der Waals surface area contributed by atoms with Crippen LogP contribution < -0.4 is 5.73 Å². The molecule has 0 radical (unpaired) electrons. The molecule has 4 rings (SSSR count). The van der Waals surface area contributed by atoms with Gasteiger partial charge in [0.2, 0.25) is 0 Å². The molecule has 0 aliphatic heterocycles. The van der Waals surface area contributed by atoms with Crippen molar-refractivity contribution in [3.63, 3.8) is 0 Å². The van der Waals surface area contributed by atoms with Crippen LogP contribution in [-0.2, 0) is 15.8 Å². The molecule has 3 aromatic carbocycles. The molecule has 27 heavy (non-hydrogen) atoms. The van der Waals surface area contributed by atoms with E-state index < -0.39 is 9.35 Å². The van der Waals surface area contributed by atoms with Gasteiger partial charge in [0, 0.05) is 28.2 Å². The van der Waals surface area contributed by atoms with Crippen LogP contribution in [0.25, 0.3) is 21.7 Å². The molecular weight excluding hydrogens is 356 g/mol. The number of nitrogens with one attached hydrogen (secondary N) is 1. The van der Waals surface area contributed by atoms with E-state index >= 15 is 0 Å². The van der Waals surface area contributed by atoms with Crippen molar-refractivity contribution in [2.75, 3.05) is 12.8 Å². The average molecular weight is 381 g/mol. The van der Waals surface area contributed by atoms with Gasteiger partial charge in [-0.3, -0.25) is 4.55 Å². The van der Waals surface area contributed by atoms with E-state index in [1.54, 1.807) is 12.1 Å². The van der Waals surface area contributed by atoms with E-state index in [1.165, 1.54) is 6.26 Å². The smallest absolute Gasteiger partial charge is 0.0666 e. The highest BCUT2D eigenvalue weighted by atomic mass is 32.3. The van der Waals surface area contributed by atoms with Gasteiger partial charge >= 0.3 is 0 Å². The quantitative estimate of drug-likeness (QED) is 0.489. The molecule has 0 fully saturated rings. The Balaban J connectivity index is 2.00. The molecule has 0 saturated carbocycles. The number of H-pyrrole nitrogens is 1. The number of nitrogens with two attached hydrogens (primary N) is 1. The monoisotopic (exact) mass is 380 g/mol. The van der Waals surface area contributed by atoms with Gasteiger partial charge in [-0.2, -0.15) is 4.21 Å². The Bertz CT molecular complexity index is 1230. The van der Waals surface area contributed by atoms with Crippen LogP contribution in [0.5, 0.6) is 0 Å². The van der Waals surface area contributed by atoms with Gasteiger partial charge in [-0.25, -0.2) is 0 Å². The molecule has 0 amide bonds. The lowest BCUT2D eigenvalue weighted by Crippen LogP contribution is -2.31. The first kappa shape index (κ1) is 17.9. The molecule has 4 N–H and O–H groups in total. The van der Waals surface area contributed by atoms with E-state index in [0.717, 1.165) is 39.4 Å². The summed E-state index contributed by atoms with van der Waals surface area (Å²) in [7, 11) is -4.26. The highest BCUT2D eigenvalue weighted by molar-refractivity contribution is 8.14. The Morgan fingerprint density at radius 1 is 1.04 bits per heavy atom. The van der Waals surface area contributed by atoms with Gasteiger partial charge in [0.15, 0.2) is 0 Å². The summed E-state index contributed by atoms with van der Waals surface area (Å²) in [5, 5.41) is 2.71. The number of hydrogen-bond acceptors (Lipinski definition) is 2. The molecule has 4 aromatic rings. The third kappa shape index (κ3) is 2.79. The second-order valence-electron chi connectivity index (χ2n) is 7.24. The first-order valence-electron chi connectivity index (χ1n) is 8.99. The summed E-state index contributed by atoms with van der Waals surface area (Å²) >= 11 is 0. The van der Waals surface area contributed by atoms with Crippen molar-refractivity contribution in [1.82, 2.24) is 4.98 Å². The first-order valence-corrected chi connectivity index (χ1v) is 11.3. The summed E-state index contributed by atoms with van der Waals surface area (Å²) in [6, 6.07) is 18.7. The highest BCUT2D eigenvalue weighted by Crippen LogP contribution is 2.42. The minimum absolute atomic E-state index is 0.424. The number of benzene rings is 3. The number of aryl methyl sites for hydroxylation is 1. The van der Waals surface area contributed by atoms with Crippen molar-refractivity contribution in [3.05, 3.63) is 71.9 Å². The summed E-state index contributed by atoms with van der Waals surface area (Å²) in [4.78, 5) is 4.23. The molecule has 0 bridgehead atoms. The largest absolute Gasteiger partial charge is 0.358 e. The van der Waals surface area contributed by atoms with Crippen LogP contribution in [0.3, 0.4) is 0 Å². The molecule has 1 aromatic heterocycles. The van der Waals surface area contributed by atoms with Gasteiger partial charge in [-0.1, -0.05) is 36.4 Å². The van der Waals surface area contributed by atoms with Gasteiger partial charge in [0.25, 0.3) is 0 Å². The minimum atomic E-state index is -4.26. The van der Waals surface area contributed by atoms with Crippen LogP contribution in [0.15, 0.2) is 70.5 Å². The fourth-order valence-electron chi connectivity index (χ4n) is 3.87. The Morgan fingerprint density at radius 3 is 2.56 bits per heavy atom. The van der Waals surface area contributed by atoms with E-state index in [1.807, 2.05) is 55.5 Å². The molecule has 140 valence electrons. The molecule has 5 heteroatoms. The molecule has 1 heterocycles. The van der Waals surface area contributed by atoms with Crippen molar-refractivity contribution in [3.8, 4) is 0 Å². The van der Waals surface area contributed by atoms with E-state index in [-0.39, 0.29) is 0 Å². The van der Waals surface area contributed by atoms with Crippen LogP contribution in [0.1, 0.15) is 11.3 Å². The van der Waals surface area contributed by atoms with Crippen LogP contribution in [0.2, 0.25) is 0 Å². The number of fused-ring (bicyclic) bond motifs is 2. The number of rotatable bonds is 4. The second-order valence-corrected chi connectivity index (χ2v) is 10.7. The first-order chi connectivity index (χ1) is 12.8. The summed E-state index contributed by atoms with van der Waals surface area (Å²) in [5.41, 5.74) is 8.88. The third-order valence-corrected chi connectivity index (χ3v) is 8.06. The SMILES string of the molecule is Cc1[nH]c2ccc(S(C)(=O)(O)c3cccc4ccccc34)cc2c1CCN. The molecule has 0 atom stereocenters. The zero-order valence-electron chi connectivity index (χ0n) is 15.5. The third-order valence-electron chi connectivity index (χ3n) is 5.31. The molecule has 0 unspecified atom stereocenters. The second kappa shape index (κ2) is 6.02. The van der Waals surface area contributed by atoms with E-state index in [0.29, 0.717) is 16.3 Å². The molecule has 0 spiro atoms. The van der Waals surface area contributed by atoms with Gasteiger partial charge in [-0.15, -0.1) is 9.35 Å². The summed E-state index contributed by atoms with van der Waals surface area (Å²) in [6.07, 6.45) is 2.17. The fraction of sp³-hybridized carbons (Fsp3) is 0.182. The Labute approximate surface area is 158 Å². The van der Waals surface area contributed by atoms with Crippen LogP contribution >= 0.6 is 0 Å². The van der Waals surface area contributed by atoms with Gasteiger partial charge in [0.05, 0.1) is 9.79 Å². The molecule has 4 nitrogen and oxygen atoms in total. The topological polar surface area (TPSA) is 79.1 Å². The maximum Gasteiger partial charge on any atom is 0.0666 e. The lowest BCUT2D eigenvalue weighted by molar-refractivity contribution is 0.520. The standard InChI is InChI=1S/C22H24N2O2S/c1-15-18(12-13-23)20-14-17(10-11-21(20)24-15)27(2,25,26)22-9-5-7-16-6-3-4-8-19(16)22/h3-11,14,24H,12-13,23H2,1-2H3,(H,25,26). The van der Waals surface area contributed by atoms with Crippen molar-refractivity contribution in [2.45, 2.75) is 23.1 Å². The summed E-state index contributed by atoms with van der Waals surface area (Å²) in [5.74, 6) is 0. The lowest BCUT2D eigenvalue weighted by Gasteiger charge is -2.40. The van der Waals surface area contributed by atoms with Crippen LogP contribution in [-0.4, -0.2) is 26.5 Å². The van der Waals surface area contributed by atoms with E-state index in [2.05, 4.69) is 4.98 Å². The Hall–Kier alpha value is -2.47. The molecule has 0 aliphatic rings. The Kier molecular flexibility index (Phi) is 4.00. The van der Waals surface area contributed by atoms with Crippen LogP contribution in [0, 0.1) is 6.92 Å². The van der Waals surface area contributed by atoms with Gasteiger partial charge in [-0.05, 0) is 55.1 Å². The number of aromatic amines is 1. The van der Waals surface area contributed by atoms with Gasteiger partial charge < -0.3 is 10.7 Å². The zero-order chi connectivity index (χ0) is 19.3. The summed E-state index contributed by atoms with van der Waals surface area (Å²) in [6.45, 7) is 2.54. The predicted molar refractivity (Wildman–Crippen MR) is 113 cm³/mol. The maximum absolute atomic E-state index is 14.0. The minimum Gasteiger partial charge on any atom is -0.358 e. The van der Waals surface area contributed by atoms with Gasteiger partial charge in [0.1, 0.15) is 0 Å².